The lowest BCUT2D eigenvalue weighted by Crippen LogP contribution is -2.38. The number of nitrogen functional groups attached to an aromatic ring is 1. The number of rotatable bonds is 15. The van der Waals surface area contributed by atoms with Crippen molar-refractivity contribution >= 4 is 28.9 Å². The van der Waals surface area contributed by atoms with Gasteiger partial charge in [-0.15, -0.1) is 0 Å². The highest BCUT2D eigenvalue weighted by atomic mass is 16.7. The first-order chi connectivity index (χ1) is 23.4. The molecule has 1 aliphatic heterocycles. The van der Waals surface area contributed by atoms with E-state index >= 15 is 0 Å². The average molecular weight is 652 g/mol. The molecule has 3 aromatic carbocycles. The Balaban J connectivity index is 1.17. The van der Waals surface area contributed by atoms with Gasteiger partial charge in [-0.05, 0) is 67.4 Å². The van der Waals surface area contributed by atoms with Crippen molar-refractivity contribution < 1.29 is 24.2 Å². The minimum atomic E-state index is -0.635. The van der Waals surface area contributed by atoms with Gasteiger partial charge in [0.25, 0.3) is 0 Å². The Morgan fingerprint density at radius 2 is 1.65 bits per heavy atom. The minimum absolute atomic E-state index is 0.0150. The molecule has 3 atom stereocenters. The monoisotopic (exact) mass is 651 g/mol. The van der Waals surface area contributed by atoms with E-state index < -0.39 is 6.29 Å². The number of likely N-dealkylation sites (N-methyl/N-ethyl adjacent to an activating group) is 1. The number of nitrogens with zero attached hydrogens (tertiary/aromatic N) is 2. The van der Waals surface area contributed by atoms with Crippen LogP contribution in [0.5, 0.6) is 0 Å². The second-order valence-electron chi connectivity index (χ2n) is 12.2. The number of nitrogens with one attached hydrogen (secondary N) is 2. The molecule has 10 heteroatoms. The largest absolute Gasteiger partial charge is 0.397 e. The molecular weight excluding hydrogens is 606 g/mol. The number of ether oxygens (including phenoxy) is 2. The SMILES string of the molecule is CN(CCc1ccccn1)C[C@H]1C[C@@H](c2ccc(CO)cc2)O[C@@H](c2cccc(NC(=O)CCCCC(=O)Nc3ccccc3N)c2)O1. The third kappa shape index (κ3) is 10.4. The maximum atomic E-state index is 12.8. The molecule has 1 aromatic heterocycles. The lowest BCUT2D eigenvalue weighted by molar-refractivity contribution is -0.252. The smallest absolute Gasteiger partial charge is 0.224 e. The first-order valence-corrected chi connectivity index (χ1v) is 16.5. The van der Waals surface area contributed by atoms with Gasteiger partial charge in [-0.2, -0.15) is 0 Å². The van der Waals surface area contributed by atoms with Crippen molar-refractivity contribution in [2.45, 2.75) is 63.6 Å². The van der Waals surface area contributed by atoms with Crippen molar-refractivity contribution in [1.82, 2.24) is 9.88 Å². The highest BCUT2D eigenvalue weighted by Gasteiger charge is 2.33. The van der Waals surface area contributed by atoms with Crippen LogP contribution in [0.3, 0.4) is 0 Å². The van der Waals surface area contributed by atoms with Gasteiger partial charge < -0.3 is 35.8 Å². The fraction of sp³-hybridized carbons (Fsp3) is 0.342. The summed E-state index contributed by atoms with van der Waals surface area (Å²) in [6.45, 7) is 1.54. The molecule has 2 heterocycles. The van der Waals surface area contributed by atoms with Crippen LogP contribution in [0.2, 0.25) is 0 Å². The van der Waals surface area contributed by atoms with E-state index in [9.17, 15) is 14.7 Å². The average Bonchev–Trinajstić information content (AvgIpc) is 3.11. The van der Waals surface area contributed by atoms with E-state index in [-0.39, 0.29) is 30.6 Å². The predicted octanol–water partition coefficient (Wildman–Crippen LogP) is 6.01. The van der Waals surface area contributed by atoms with Crippen LogP contribution in [0.25, 0.3) is 0 Å². The van der Waals surface area contributed by atoms with E-state index in [2.05, 4.69) is 27.6 Å². The fourth-order valence-corrected chi connectivity index (χ4v) is 5.70. The normalized spacial score (nSPS) is 17.6. The number of hydrogen-bond donors (Lipinski definition) is 4. The molecule has 0 spiro atoms. The molecule has 0 aliphatic carbocycles. The third-order valence-corrected chi connectivity index (χ3v) is 8.34. The summed E-state index contributed by atoms with van der Waals surface area (Å²) in [5.74, 6) is -0.256. The number of carbonyl (C=O) groups is 2. The van der Waals surface area contributed by atoms with Crippen LogP contribution in [0.4, 0.5) is 17.1 Å². The van der Waals surface area contributed by atoms with Gasteiger partial charge in [-0.3, -0.25) is 14.6 Å². The summed E-state index contributed by atoms with van der Waals surface area (Å²) in [6.07, 6.45) is 4.13. The lowest BCUT2D eigenvalue weighted by Gasteiger charge is -2.38. The summed E-state index contributed by atoms with van der Waals surface area (Å²) in [5, 5.41) is 15.3. The Kier molecular flexibility index (Phi) is 12.7. The van der Waals surface area contributed by atoms with Crippen molar-refractivity contribution in [3.8, 4) is 0 Å². The molecule has 5 rings (SSSR count). The Hall–Kier alpha value is -4.61. The quantitative estimate of drug-likeness (QED) is 0.0905. The minimum Gasteiger partial charge on any atom is -0.397 e. The number of benzene rings is 3. The van der Waals surface area contributed by atoms with Crippen molar-refractivity contribution in [1.29, 1.82) is 0 Å². The highest BCUT2D eigenvalue weighted by Crippen LogP contribution is 2.38. The van der Waals surface area contributed by atoms with E-state index in [0.29, 0.717) is 55.7 Å². The van der Waals surface area contributed by atoms with Gasteiger partial charge in [0.15, 0.2) is 6.29 Å². The number of unbranched alkanes of at least 4 members (excludes halogenated alkanes) is 1. The summed E-state index contributed by atoms with van der Waals surface area (Å²) in [5.41, 5.74) is 11.4. The van der Waals surface area contributed by atoms with Gasteiger partial charge >= 0.3 is 0 Å². The van der Waals surface area contributed by atoms with Crippen molar-refractivity contribution in [2.24, 2.45) is 0 Å². The summed E-state index contributed by atoms with van der Waals surface area (Å²) >= 11 is 0. The molecule has 0 saturated carbocycles. The second-order valence-corrected chi connectivity index (χ2v) is 12.2. The van der Waals surface area contributed by atoms with E-state index in [1.165, 1.54) is 0 Å². The van der Waals surface area contributed by atoms with Crippen LogP contribution < -0.4 is 16.4 Å². The molecule has 1 fully saturated rings. The molecule has 10 nitrogen and oxygen atoms in total. The number of nitrogens with two attached hydrogens (primary N) is 1. The first kappa shape index (κ1) is 34.7. The van der Waals surface area contributed by atoms with Crippen LogP contribution in [-0.4, -0.2) is 53.0 Å². The molecule has 5 N–H and O–H groups in total. The van der Waals surface area contributed by atoms with Gasteiger partial charge in [-0.1, -0.05) is 54.6 Å². The van der Waals surface area contributed by atoms with Crippen LogP contribution >= 0.6 is 0 Å². The van der Waals surface area contributed by atoms with Gasteiger partial charge in [0.05, 0.1) is 30.2 Å². The molecule has 1 aliphatic rings. The highest BCUT2D eigenvalue weighted by molar-refractivity contribution is 5.94. The topological polar surface area (TPSA) is 139 Å². The number of carbonyl (C=O) groups excluding carboxylic acids is 2. The molecular formula is C38H45N5O5. The third-order valence-electron chi connectivity index (χ3n) is 8.34. The maximum Gasteiger partial charge on any atom is 0.224 e. The molecule has 0 bridgehead atoms. The standard InChI is InChI=1S/C38H45N5O5/c1-43(22-20-30-10-6-7-21-40-30)25-32-24-35(28-18-16-27(26-44)17-19-28)48-38(47-32)29-9-8-11-31(23-29)41-36(45)14-4-5-15-37(46)42-34-13-3-2-12-33(34)39/h2-3,6-13,16-19,21,23,32,35,38,44H,4-5,14-15,20,22,24-26,39H2,1H3,(H,41,45)(H,42,46)/t32-,35+,38+/m1/s1. The van der Waals surface area contributed by atoms with E-state index in [1.54, 1.807) is 12.1 Å². The zero-order chi connectivity index (χ0) is 33.7. The number of aromatic nitrogens is 1. The lowest BCUT2D eigenvalue weighted by atomic mass is 9.99. The number of anilines is 3. The number of para-hydroxylation sites is 2. The maximum absolute atomic E-state index is 12.8. The molecule has 4 aromatic rings. The zero-order valence-corrected chi connectivity index (χ0v) is 27.4. The molecule has 0 radical (unpaired) electrons. The van der Waals surface area contributed by atoms with Gasteiger partial charge in [-0.25, -0.2) is 0 Å². The van der Waals surface area contributed by atoms with E-state index in [1.807, 2.05) is 85.1 Å². The summed E-state index contributed by atoms with van der Waals surface area (Å²) in [6, 6.07) is 28.5. The summed E-state index contributed by atoms with van der Waals surface area (Å²) in [7, 11) is 2.09. The second kappa shape index (κ2) is 17.5. The molecule has 1 saturated heterocycles. The van der Waals surface area contributed by atoms with Crippen LogP contribution in [0.1, 0.15) is 66.9 Å². The first-order valence-electron chi connectivity index (χ1n) is 16.5. The van der Waals surface area contributed by atoms with Crippen LogP contribution in [-0.2, 0) is 32.1 Å². The summed E-state index contributed by atoms with van der Waals surface area (Å²) in [4.78, 5) is 31.8. The molecule has 2 amide bonds. The van der Waals surface area contributed by atoms with Crippen molar-refractivity contribution in [3.63, 3.8) is 0 Å². The molecule has 48 heavy (non-hydrogen) atoms. The van der Waals surface area contributed by atoms with Crippen LogP contribution in [0, 0.1) is 0 Å². The zero-order valence-electron chi connectivity index (χ0n) is 27.4. The van der Waals surface area contributed by atoms with E-state index in [4.69, 9.17) is 15.2 Å². The number of aliphatic hydroxyl groups excluding tert-OH is 1. The van der Waals surface area contributed by atoms with Crippen molar-refractivity contribution in [2.75, 3.05) is 36.5 Å². The van der Waals surface area contributed by atoms with Gasteiger partial charge in [0.2, 0.25) is 11.8 Å². The Morgan fingerprint density at radius 1 is 0.896 bits per heavy atom. The summed E-state index contributed by atoms with van der Waals surface area (Å²) < 4.78 is 13.0. The Morgan fingerprint density at radius 3 is 2.38 bits per heavy atom. The van der Waals surface area contributed by atoms with E-state index in [0.717, 1.165) is 35.3 Å². The predicted molar refractivity (Wildman–Crippen MR) is 187 cm³/mol. The Labute approximate surface area is 282 Å². The molecule has 0 unspecified atom stereocenters. The van der Waals surface area contributed by atoms with Crippen molar-refractivity contribution in [3.05, 3.63) is 120 Å². The number of aliphatic hydroxyl groups is 1. The fourth-order valence-electron chi connectivity index (χ4n) is 5.70. The number of hydrogen-bond acceptors (Lipinski definition) is 8. The molecule has 252 valence electrons. The number of amides is 2. The van der Waals surface area contributed by atoms with Gasteiger partial charge in [0.1, 0.15) is 0 Å². The van der Waals surface area contributed by atoms with Gasteiger partial charge in [0, 0.05) is 61.9 Å². The Bertz CT molecular complexity index is 1620. The number of pyridine rings is 1. The van der Waals surface area contributed by atoms with Crippen LogP contribution in [0.15, 0.2) is 97.2 Å².